The van der Waals surface area contributed by atoms with Crippen LogP contribution < -0.4 is 10.6 Å². The predicted molar refractivity (Wildman–Crippen MR) is 68.6 cm³/mol. The van der Waals surface area contributed by atoms with E-state index < -0.39 is 17.9 Å². The molecule has 0 heterocycles. The van der Waals surface area contributed by atoms with E-state index in [2.05, 4.69) is 10.6 Å². The lowest BCUT2D eigenvalue weighted by molar-refractivity contribution is -0.141. The predicted octanol–water partition coefficient (Wildman–Crippen LogP) is 0.396. The number of benzene rings is 1. The number of carboxylic acid groups (broad SMARTS) is 1. The van der Waals surface area contributed by atoms with Gasteiger partial charge in [-0.05, 0) is 18.6 Å². The van der Waals surface area contributed by atoms with Gasteiger partial charge in [-0.2, -0.15) is 0 Å². The van der Waals surface area contributed by atoms with Gasteiger partial charge in [-0.3, -0.25) is 9.59 Å². The van der Waals surface area contributed by atoms with E-state index in [9.17, 15) is 14.4 Å². The first-order valence-electron chi connectivity index (χ1n) is 5.90. The molecule has 1 rings (SSSR count). The molecule has 0 aromatic heterocycles. The Morgan fingerprint density at radius 3 is 2.37 bits per heavy atom. The molecule has 1 aromatic carbocycles. The third-order valence-corrected chi connectivity index (χ3v) is 2.49. The Bertz CT molecular complexity index is 459. The van der Waals surface area contributed by atoms with Crippen LogP contribution in [0.1, 0.15) is 23.7 Å². The zero-order chi connectivity index (χ0) is 14.3. The van der Waals surface area contributed by atoms with Crippen molar-refractivity contribution >= 4 is 17.8 Å². The largest absolute Gasteiger partial charge is 0.480 e. The van der Waals surface area contributed by atoms with Gasteiger partial charge < -0.3 is 15.7 Å². The summed E-state index contributed by atoms with van der Waals surface area (Å²) in [5, 5.41) is 13.5. The molecule has 0 saturated carbocycles. The Labute approximate surface area is 110 Å². The Hall–Kier alpha value is -2.37. The first kappa shape index (κ1) is 14.7. The van der Waals surface area contributed by atoms with E-state index in [4.69, 9.17) is 5.11 Å². The van der Waals surface area contributed by atoms with Crippen molar-refractivity contribution in [2.24, 2.45) is 0 Å². The topological polar surface area (TPSA) is 95.5 Å². The molecular formula is C13H16N2O4. The smallest absolute Gasteiger partial charge is 0.326 e. The van der Waals surface area contributed by atoms with Gasteiger partial charge >= 0.3 is 5.97 Å². The van der Waals surface area contributed by atoms with Crippen LogP contribution >= 0.6 is 0 Å². The van der Waals surface area contributed by atoms with Crippen molar-refractivity contribution in [3.63, 3.8) is 0 Å². The maximum atomic E-state index is 11.6. The highest BCUT2D eigenvalue weighted by Gasteiger charge is 2.17. The van der Waals surface area contributed by atoms with E-state index in [0.29, 0.717) is 5.56 Å². The van der Waals surface area contributed by atoms with Crippen molar-refractivity contribution in [1.82, 2.24) is 10.6 Å². The van der Waals surface area contributed by atoms with Gasteiger partial charge in [-0.15, -0.1) is 0 Å². The average Bonchev–Trinajstić information content (AvgIpc) is 2.42. The third kappa shape index (κ3) is 4.79. The van der Waals surface area contributed by atoms with Crippen molar-refractivity contribution in [3.8, 4) is 0 Å². The van der Waals surface area contributed by atoms with Crippen LogP contribution in [0.5, 0.6) is 0 Å². The molecule has 6 heteroatoms. The van der Waals surface area contributed by atoms with Gasteiger partial charge in [-0.1, -0.05) is 25.1 Å². The summed E-state index contributed by atoms with van der Waals surface area (Å²) in [6.07, 6.45) is 0.285. The van der Waals surface area contributed by atoms with Crippen LogP contribution in [0.2, 0.25) is 0 Å². The second kappa shape index (κ2) is 7.15. The zero-order valence-electron chi connectivity index (χ0n) is 10.6. The molecule has 1 aromatic rings. The molecule has 102 valence electrons. The summed E-state index contributed by atoms with van der Waals surface area (Å²) >= 11 is 0. The molecule has 0 saturated heterocycles. The van der Waals surface area contributed by atoms with Crippen molar-refractivity contribution in [1.29, 1.82) is 0 Å². The molecule has 0 aliphatic rings. The monoisotopic (exact) mass is 264 g/mol. The summed E-state index contributed by atoms with van der Waals surface area (Å²) in [5.74, 6) is -2.00. The standard InChI is InChI=1S/C13H16N2O4/c1-2-10(13(18)19)15-11(16)8-14-12(17)9-6-4-3-5-7-9/h3-7,10H,2,8H2,1H3,(H,14,17)(H,15,16)(H,18,19). The van der Waals surface area contributed by atoms with Crippen LogP contribution in [-0.2, 0) is 9.59 Å². The summed E-state index contributed by atoms with van der Waals surface area (Å²) < 4.78 is 0. The van der Waals surface area contributed by atoms with E-state index in [1.807, 2.05) is 0 Å². The van der Waals surface area contributed by atoms with Gasteiger partial charge in [0.2, 0.25) is 5.91 Å². The molecule has 0 bridgehead atoms. The highest BCUT2D eigenvalue weighted by Crippen LogP contribution is 1.97. The fourth-order valence-corrected chi connectivity index (χ4v) is 1.44. The molecule has 6 nitrogen and oxygen atoms in total. The molecule has 0 aliphatic heterocycles. The van der Waals surface area contributed by atoms with Crippen molar-refractivity contribution in [2.75, 3.05) is 6.54 Å². The number of nitrogens with one attached hydrogen (secondary N) is 2. The molecule has 0 radical (unpaired) electrons. The van der Waals surface area contributed by atoms with E-state index in [-0.39, 0.29) is 18.9 Å². The second-order valence-electron chi connectivity index (χ2n) is 3.92. The SMILES string of the molecule is CCC(NC(=O)CNC(=O)c1ccccc1)C(=O)O. The Morgan fingerprint density at radius 1 is 1.21 bits per heavy atom. The fourth-order valence-electron chi connectivity index (χ4n) is 1.44. The quantitative estimate of drug-likeness (QED) is 0.693. The van der Waals surface area contributed by atoms with Crippen LogP contribution in [-0.4, -0.2) is 35.5 Å². The summed E-state index contributed by atoms with van der Waals surface area (Å²) in [7, 11) is 0. The minimum Gasteiger partial charge on any atom is -0.480 e. The number of amides is 2. The van der Waals surface area contributed by atoms with Gasteiger partial charge in [0.15, 0.2) is 0 Å². The highest BCUT2D eigenvalue weighted by atomic mass is 16.4. The number of carbonyl (C=O) groups is 3. The molecule has 1 unspecified atom stereocenters. The third-order valence-electron chi connectivity index (χ3n) is 2.49. The lowest BCUT2D eigenvalue weighted by atomic mass is 10.2. The van der Waals surface area contributed by atoms with Crippen LogP contribution in [0.4, 0.5) is 0 Å². The molecule has 0 aliphatic carbocycles. The van der Waals surface area contributed by atoms with E-state index in [1.165, 1.54) is 0 Å². The maximum absolute atomic E-state index is 11.6. The average molecular weight is 264 g/mol. The maximum Gasteiger partial charge on any atom is 0.326 e. The summed E-state index contributed by atoms with van der Waals surface area (Å²) in [6, 6.07) is 7.53. The van der Waals surface area contributed by atoms with Gasteiger partial charge in [-0.25, -0.2) is 4.79 Å². The molecule has 2 amide bonds. The van der Waals surface area contributed by atoms with Crippen LogP contribution in [0.15, 0.2) is 30.3 Å². The van der Waals surface area contributed by atoms with Gasteiger partial charge in [0, 0.05) is 5.56 Å². The number of carboxylic acids is 1. The lowest BCUT2D eigenvalue weighted by Crippen LogP contribution is -2.45. The molecule has 0 spiro atoms. The minimum absolute atomic E-state index is 0.252. The van der Waals surface area contributed by atoms with Crippen LogP contribution in [0.3, 0.4) is 0 Å². The summed E-state index contributed by atoms with van der Waals surface area (Å²) in [6.45, 7) is 1.40. The zero-order valence-corrected chi connectivity index (χ0v) is 10.6. The van der Waals surface area contributed by atoms with Gasteiger partial charge in [0.05, 0.1) is 6.54 Å². The van der Waals surface area contributed by atoms with E-state index in [1.54, 1.807) is 37.3 Å². The molecule has 19 heavy (non-hydrogen) atoms. The van der Waals surface area contributed by atoms with Crippen molar-refractivity contribution in [2.45, 2.75) is 19.4 Å². The van der Waals surface area contributed by atoms with E-state index >= 15 is 0 Å². The van der Waals surface area contributed by atoms with Crippen molar-refractivity contribution in [3.05, 3.63) is 35.9 Å². The number of aliphatic carboxylic acids is 1. The number of hydrogen-bond donors (Lipinski definition) is 3. The molecule has 3 N–H and O–H groups in total. The minimum atomic E-state index is -1.09. The number of hydrogen-bond acceptors (Lipinski definition) is 3. The molecular weight excluding hydrogens is 248 g/mol. The molecule has 1 atom stereocenters. The second-order valence-corrected chi connectivity index (χ2v) is 3.92. The van der Waals surface area contributed by atoms with Gasteiger partial charge in [0.1, 0.15) is 6.04 Å². The van der Waals surface area contributed by atoms with E-state index in [0.717, 1.165) is 0 Å². The number of rotatable bonds is 6. The Kier molecular flexibility index (Phi) is 5.53. The summed E-state index contributed by atoms with van der Waals surface area (Å²) in [4.78, 5) is 33.8. The Morgan fingerprint density at radius 2 is 1.84 bits per heavy atom. The highest BCUT2D eigenvalue weighted by molar-refractivity contribution is 5.96. The first-order valence-corrected chi connectivity index (χ1v) is 5.90. The Balaban J connectivity index is 2.42. The van der Waals surface area contributed by atoms with Crippen LogP contribution in [0, 0.1) is 0 Å². The van der Waals surface area contributed by atoms with Gasteiger partial charge in [0.25, 0.3) is 5.91 Å². The first-order chi connectivity index (χ1) is 9.04. The molecule has 0 fully saturated rings. The normalized spacial score (nSPS) is 11.4. The lowest BCUT2D eigenvalue weighted by Gasteiger charge is -2.12. The summed E-state index contributed by atoms with van der Waals surface area (Å²) in [5.41, 5.74) is 0.445. The van der Waals surface area contributed by atoms with Crippen LogP contribution in [0.25, 0.3) is 0 Å². The number of carbonyl (C=O) groups excluding carboxylic acids is 2. The van der Waals surface area contributed by atoms with Crippen molar-refractivity contribution < 1.29 is 19.5 Å². The fraction of sp³-hybridized carbons (Fsp3) is 0.308.